The molecule has 0 aliphatic carbocycles. The van der Waals surface area contributed by atoms with Gasteiger partial charge < -0.3 is 15.0 Å². The minimum absolute atomic E-state index is 0.0404. The monoisotopic (exact) mass is 210 g/mol. The number of rotatable bonds is 3. The highest BCUT2D eigenvalue weighted by Crippen LogP contribution is 1.87. The third kappa shape index (κ3) is 2.94. The van der Waals surface area contributed by atoms with Crippen LogP contribution >= 0.6 is 0 Å². The predicted molar refractivity (Wildman–Crippen MR) is 51.4 cm³/mol. The van der Waals surface area contributed by atoms with Crippen molar-refractivity contribution < 1.29 is 14.3 Å². The summed E-state index contributed by atoms with van der Waals surface area (Å²) in [5.41, 5.74) is -0.447. The van der Waals surface area contributed by atoms with E-state index in [1.807, 2.05) is 0 Å². The summed E-state index contributed by atoms with van der Waals surface area (Å²) in [5, 5.41) is 2.26. The molecule has 0 aromatic carbocycles. The third-order valence-corrected chi connectivity index (χ3v) is 1.69. The van der Waals surface area contributed by atoms with Gasteiger partial charge in [-0.3, -0.25) is 14.4 Å². The first-order valence-corrected chi connectivity index (χ1v) is 4.17. The van der Waals surface area contributed by atoms with Gasteiger partial charge in [0.15, 0.2) is 5.43 Å². The second-order valence-corrected chi connectivity index (χ2v) is 2.68. The summed E-state index contributed by atoms with van der Waals surface area (Å²) >= 11 is 0. The highest BCUT2D eigenvalue weighted by Gasteiger charge is 2.10. The molecule has 15 heavy (non-hydrogen) atoms. The fourth-order valence-corrected chi connectivity index (χ4v) is 0.913. The van der Waals surface area contributed by atoms with Crippen LogP contribution in [-0.2, 0) is 9.53 Å². The second kappa shape index (κ2) is 4.94. The summed E-state index contributed by atoms with van der Waals surface area (Å²) in [7, 11) is 1.21. The average molecular weight is 210 g/mol. The van der Waals surface area contributed by atoms with Crippen LogP contribution < -0.4 is 10.7 Å². The second-order valence-electron chi connectivity index (χ2n) is 2.68. The van der Waals surface area contributed by atoms with Crippen molar-refractivity contribution in [2.45, 2.75) is 0 Å². The Morgan fingerprint density at radius 2 is 2.27 bits per heavy atom. The minimum atomic E-state index is -0.609. The third-order valence-electron chi connectivity index (χ3n) is 1.69. The number of hydrogen-bond donors (Lipinski definition) is 2. The molecule has 1 rings (SSSR count). The highest BCUT2D eigenvalue weighted by atomic mass is 16.5. The highest BCUT2D eigenvalue weighted by molar-refractivity contribution is 5.95. The lowest BCUT2D eigenvalue weighted by atomic mass is 10.2. The SMILES string of the molecule is COC(=O)CNC(=O)c1c[nH]ccc1=O. The maximum Gasteiger partial charge on any atom is 0.325 e. The molecular formula is C9H10N2O4. The van der Waals surface area contributed by atoms with E-state index >= 15 is 0 Å². The number of ether oxygens (including phenoxy) is 1. The number of carbonyl (C=O) groups excluding carboxylic acids is 2. The van der Waals surface area contributed by atoms with Crippen LogP contribution in [0.5, 0.6) is 0 Å². The van der Waals surface area contributed by atoms with Gasteiger partial charge in [-0.15, -0.1) is 0 Å². The quantitative estimate of drug-likeness (QED) is 0.644. The van der Waals surface area contributed by atoms with Crippen molar-refractivity contribution in [3.8, 4) is 0 Å². The number of aromatic amines is 1. The lowest BCUT2D eigenvalue weighted by Crippen LogP contribution is -2.33. The van der Waals surface area contributed by atoms with Crippen molar-refractivity contribution in [2.24, 2.45) is 0 Å². The Bertz CT molecular complexity index is 424. The number of nitrogens with one attached hydrogen (secondary N) is 2. The number of H-pyrrole nitrogens is 1. The van der Waals surface area contributed by atoms with E-state index in [2.05, 4.69) is 15.0 Å². The Kier molecular flexibility index (Phi) is 3.61. The van der Waals surface area contributed by atoms with Crippen molar-refractivity contribution >= 4 is 11.9 Å². The molecule has 0 atom stereocenters. The molecule has 80 valence electrons. The molecule has 0 saturated carbocycles. The molecule has 0 bridgehead atoms. The van der Waals surface area contributed by atoms with Crippen molar-refractivity contribution in [1.29, 1.82) is 0 Å². The Labute approximate surface area is 85.3 Å². The van der Waals surface area contributed by atoms with Crippen molar-refractivity contribution in [3.63, 3.8) is 0 Å². The van der Waals surface area contributed by atoms with Gasteiger partial charge >= 0.3 is 5.97 Å². The van der Waals surface area contributed by atoms with Gasteiger partial charge in [-0.25, -0.2) is 0 Å². The van der Waals surface area contributed by atoms with E-state index in [0.717, 1.165) is 0 Å². The van der Waals surface area contributed by atoms with Gasteiger partial charge in [0.2, 0.25) is 0 Å². The molecule has 0 fully saturated rings. The minimum Gasteiger partial charge on any atom is -0.468 e. The summed E-state index contributed by atoms with van der Waals surface area (Å²) in [6, 6.07) is 1.23. The van der Waals surface area contributed by atoms with E-state index in [1.165, 1.54) is 25.6 Å². The lowest BCUT2D eigenvalue weighted by Gasteiger charge is -2.02. The van der Waals surface area contributed by atoms with Crippen LogP contribution in [0.25, 0.3) is 0 Å². The number of aromatic nitrogens is 1. The van der Waals surface area contributed by atoms with Crippen molar-refractivity contribution in [2.75, 3.05) is 13.7 Å². The number of amides is 1. The van der Waals surface area contributed by atoms with E-state index < -0.39 is 17.3 Å². The summed E-state index contributed by atoms with van der Waals surface area (Å²) in [6.45, 7) is -0.260. The fraction of sp³-hybridized carbons (Fsp3) is 0.222. The molecule has 6 nitrogen and oxygen atoms in total. The van der Waals surface area contributed by atoms with Crippen LogP contribution in [0.1, 0.15) is 10.4 Å². The standard InChI is InChI=1S/C9H10N2O4/c1-15-8(13)5-11-9(14)6-4-10-3-2-7(6)12/h2-4H,5H2,1H3,(H,10,12)(H,11,14). The molecule has 0 spiro atoms. The molecule has 1 aromatic rings. The van der Waals surface area contributed by atoms with Gasteiger partial charge in [0.25, 0.3) is 5.91 Å². The maximum atomic E-state index is 11.3. The van der Waals surface area contributed by atoms with E-state index in [4.69, 9.17) is 0 Å². The van der Waals surface area contributed by atoms with Crippen LogP contribution in [0.3, 0.4) is 0 Å². The molecule has 0 aliphatic heterocycles. The number of hydrogen-bond acceptors (Lipinski definition) is 4. The number of esters is 1. The lowest BCUT2D eigenvalue weighted by molar-refractivity contribution is -0.139. The Morgan fingerprint density at radius 3 is 2.87 bits per heavy atom. The summed E-state index contributed by atoms with van der Waals surface area (Å²) < 4.78 is 4.33. The number of carbonyl (C=O) groups is 2. The van der Waals surface area contributed by atoms with Gasteiger partial charge in [0.1, 0.15) is 12.1 Å². The van der Waals surface area contributed by atoms with Gasteiger partial charge in [-0.1, -0.05) is 0 Å². The van der Waals surface area contributed by atoms with E-state index in [1.54, 1.807) is 0 Å². The Hall–Kier alpha value is -2.11. The van der Waals surface area contributed by atoms with Crippen LogP contribution in [0.15, 0.2) is 23.3 Å². The topological polar surface area (TPSA) is 88.3 Å². The Morgan fingerprint density at radius 1 is 1.53 bits per heavy atom. The molecule has 2 N–H and O–H groups in total. The molecule has 1 aromatic heterocycles. The Balaban J connectivity index is 2.66. The average Bonchev–Trinajstić information content (AvgIpc) is 2.26. The normalized spacial score (nSPS) is 9.40. The molecule has 1 amide bonds. The molecular weight excluding hydrogens is 200 g/mol. The van der Waals surface area contributed by atoms with Crippen molar-refractivity contribution in [1.82, 2.24) is 10.3 Å². The zero-order valence-corrected chi connectivity index (χ0v) is 8.07. The molecule has 6 heteroatoms. The smallest absolute Gasteiger partial charge is 0.325 e. The number of methoxy groups -OCH3 is 1. The summed E-state index contributed by atoms with van der Waals surface area (Å²) in [4.78, 5) is 35.8. The maximum absolute atomic E-state index is 11.3. The first kappa shape index (κ1) is 11.0. The fourth-order valence-electron chi connectivity index (χ4n) is 0.913. The van der Waals surface area contributed by atoms with Crippen LogP contribution in [0, 0.1) is 0 Å². The molecule has 0 aliphatic rings. The zero-order valence-electron chi connectivity index (χ0n) is 8.07. The van der Waals surface area contributed by atoms with E-state index in [0.29, 0.717) is 0 Å². The first-order chi connectivity index (χ1) is 7.15. The molecule has 0 saturated heterocycles. The van der Waals surface area contributed by atoms with Crippen molar-refractivity contribution in [3.05, 3.63) is 34.2 Å². The molecule has 1 heterocycles. The van der Waals surface area contributed by atoms with Gasteiger partial charge in [-0.2, -0.15) is 0 Å². The molecule has 0 radical (unpaired) electrons. The largest absolute Gasteiger partial charge is 0.468 e. The van der Waals surface area contributed by atoms with E-state index in [9.17, 15) is 14.4 Å². The van der Waals surface area contributed by atoms with Crippen LogP contribution in [0.4, 0.5) is 0 Å². The van der Waals surface area contributed by atoms with Gasteiger partial charge in [-0.05, 0) is 0 Å². The van der Waals surface area contributed by atoms with Crippen LogP contribution in [0.2, 0.25) is 0 Å². The number of pyridine rings is 1. The summed E-state index contributed by atoms with van der Waals surface area (Å²) in [6.07, 6.45) is 2.69. The van der Waals surface area contributed by atoms with Gasteiger partial charge in [0.05, 0.1) is 7.11 Å². The van der Waals surface area contributed by atoms with Crippen LogP contribution in [-0.4, -0.2) is 30.5 Å². The van der Waals surface area contributed by atoms with E-state index in [-0.39, 0.29) is 12.1 Å². The zero-order chi connectivity index (χ0) is 11.3. The van der Waals surface area contributed by atoms with Gasteiger partial charge in [0, 0.05) is 18.5 Å². The summed E-state index contributed by atoms with van der Waals surface area (Å²) in [5.74, 6) is -1.18. The molecule has 0 unspecified atom stereocenters. The predicted octanol–water partition coefficient (Wildman–Crippen LogP) is -0.722. The first-order valence-electron chi connectivity index (χ1n) is 4.17.